The predicted octanol–water partition coefficient (Wildman–Crippen LogP) is 5.24. The molecule has 0 amide bonds. The SMILES string of the molecule is Nc1nccc2c1ncn2Cc1cc(-c2ccc(F)cc2)ncc1N1CCC[C@H](c2ccn(C(F)F)n2)C1. The molecule has 1 aromatic carbocycles. The van der Waals surface area contributed by atoms with Crippen LogP contribution in [0.4, 0.5) is 24.7 Å². The molecule has 0 bridgehead atoms. The summed E-state index contributed by atoms with van der Waals surface area (Å²) in [6.45, 7) is -0.731. The predicted molar refractivity (Wildman–Crippen MR) is 138 cm³/mol. The maximum atomic E-state index is 13.5. The third-order valence-corrected chi connectivity index (χ3v) is 7.02. The highest BCUT2D eigenvalue weighted by molar-refractivity contribution is 5.84. The van der Waals surface area contributed by atoms with Crippen molar-refractivity contribution in [3.05, 3.63) is 84.5 Å². The van der Waals surface area contributed by atoms with E-state index < -0.39 is 6.55 Å². The fourth-order valence-electron chi connectivity index (χ4n) is 5.12. The Morgan fingerprint density at radius 2 is 1.89 bits per heavy atom. The number of hydrogen-bond donors (Lipinski definition) is 1. The number of pyridine rings is 2. The van der Waals surface area contributed by atoms with E-state index in [9.17, 15) is 13.2 Å². The Hall–Kier alpha value is -4.41. The van der Waals surface area contributed by atoms with Crippen LogP contribution in [0.5, 0.6) is 0 Å². The molecule has 1 saturated heterocycles. The van der Waals surface area contributed by atoms with Gasteiger partial charge in [-0.2, -0.15) is 13.9 Å². The zero-order valence-electron chi connectivity index (χ0n) is 20.4. The Morgan fingerprint density at radius 3 is 2.68 bits per heavy atom. The van der Waals surface area contributed by atoms with Crippen molar-refractivity contribution < 1.29 is 13.2 Å². The Morgan fingerprint density at radius 1 is 1.05 bits per heavy atom. The molecule has 0 spiro atoms. The van der Waals surface area contributed by atoms with E-state index in [0.717, 1.165) is 47.4 Å². The standard InChI is InChI=1S/C27H25F3N8/c28-20-5-3-17(4-6-20)22-12-19(15-37-16-34-25-23(37)7-9-32-26(25)31)24(13-33-22)36-10-1-2-18(14-36)21-8-11-38(35-21)27(29)30/h3-9,11-13,16,18,27H,1-2,10,14-15H2,(H2,31,32)/t18-/m0/s1. The fraction of sp³-hybridized carbons (Fsp3) is 0.259. The summed E-state index contributed by atoms with van der Waals surface area (Å²) in [7, 11) is 0. The van der Waals surface area contributed by atoms with Crippen LogP contribution in [0.2, 0.25) is 0 Å². The molecule has 6 rings (SSSR count). The van der Waals surface area contributed by atoms with Crippen LogP contribution in [-0.2, 0) is 6.54 Å². The van der Waals surface area contributed by atoms with Crippen LogP contribution < -0.4 is 10.6 Å². The average molecular weight is 519 g/mol. The van der Waals surface area contributed by atoms with E-state index in [2.05, 4.69) is 20.0 Å². The molecule has 11 heteroatoms. The van der Waals surface area contributed by atoms with Crippen molar-refractivity contribution in [1.29, 1.82) is 0 Å². The highest BCUT2D eigenvalue weighted by Crippen LogP contribution is 2.33. The second-order valence-corrected chi connectivity index (χ2v) is 9.42. The number of fused-ring (bicyclic) bond motifs is 1. The van der Waals surface area contributed by atoms with Crippen LogP contribution in [-0.4, -0.2) is 42.4 Å². The van der Waals surface area contributed by atoms with Gasteiger partial charge in [-0.3, -0.25) is 4.98 Å². The number of piperidine rings is 1. The van der Waals surface area contributed by atoms with Crippen LogP contribution in [0.25, 0.3) is 22.3 Å². The van der Waals surface area contributed by atoms with Crippen molar-refractivity contribution in [3.63, 3.8) is 0 Å². The summed E-state index contributed by atoms with van der Waals surface area (Å²) in [6.07, 6.45) is 8.31. The van der Waals surface area contributed by atoms with Gasteiger partial charge in [-0.05, 0) is 60.9 Å². The van der Waals surface area contributed by atoms with Gasteiger partial charge >= 0.3 is 6.55 Å². The number of benzene rings is 1. The lowest BCUT2D eigenvalue weighted by atomic mass is 9.94. The van der Waals surface area contributed by atoms with Gasteiger partial charge in [0, 0.05) is 37.0 Å². The number of alkyl halides is 2. The zero-order valence-corrected chi connectivity index (χ0v) is 20.4. The van der Waals surface area contributed by atoms with E-state index in [4.69, 9.17) is 10.7 Å². The highest BCUT2D eigenvalue weighted by atomic mass is 19.3. The van der Waals surface area contributed by atoms with E-state index in [1.165, 1.54) is 18.3 Å². The van der Waals surface area contributed by atoms with Crippen LogP contribution in [0, 0.1) is 5.82 Å². The minimum absolute atomic E-state index is 0.0216. The minimum atomic E-state index is -2.66. The molecule has 0 saturated carbocycles. The van der Waals surface area contributed by atoms with E-state index in [1.54, 1.807) is 30.7 Å². The lowest BCUT2D eigenvalue weighted by Crippen LogP contribution is -2.35. The summed E-state index contributed by atoms with van der Waals surface area (Å²) in [4.78, 5) is 15.5. The number of rotatable bonds is 6. The van der Waals surface area contributed by atoms with Gasteiger partial charge in [0.2, 0.25) is 0 Å². The van der Waals surface area contributed by atoms with Gasteiger partial charge in [0.05, 0.1) is 41.7 Å². The van der Waals surface area contributed by atoms with Crippen LogP contribution in [0.3, 0.4) is 0 Å². The quantitative estimate of drug-likeness (QED) is 0.331. The van der Waals surface area contributed by atoms with Gasteiger partial charge in [-0.25, -0.2) is 19.0 Å². The first-order chi connectivity index (χ1) is 18.5. The third kappa shape index (κ3) is 4.55. The molecular formula is C27H25F3N8. The molecule has 194 valence electrons. The molecular weight excluding hydrogens is 493 g/mol. The number of nitrogens with two attached hydrogens (primary N) is 1. The Balaban J connectivity index is 1.37. The van der Waals surface area contributed by atoms with Gasteiger partial charge in [0.15, 0.2) is 5.82 Å². The van der Waals surface area contributed by atoms with Gasteiger partial charge in [-0.15, -0.1) is 0 Å². The van der Waals surface area contributed by atoms with E-state index in [0.29, 0.717) is 34.8 Å². The Bertz CT molecular complexity index is 1580. The number of hydrogen-bond acceptors (Lipinski definition) is 6. The molecule has 5 aromatic rings. The molecule has 5 heterocycles. The summed E-state index contributed by atoms with van der Waals surface area (Å²) in [5.74, 6) is 0.0777. The zero-order chi connectivity index (χ0) is 26.2. The summed E-state index contributed by atoms with van der Waals surface area (Å²) >= 11 is 0. The third-order valence-electron chi connectivity index (χ3n) is 7.02. The molecule has 1 atom stereocenters. The summed E-state index contributed by atoms with van der Waals surface area (Å²) < 4.78 is 42.4. The number of halogens is 3. The minimum Gasteiger partial charge on any atom is -0.382 e. The van der Waals surface area contributed by atoms with Gasteiger partial charge < -0.3 is 15.2 Å². The second-order valence-electron chi connectivity index (χ2n) is 9.42. The van der Waals surface area contributed by atoms with Gasteiger partial charge in [0.25, 0.3) is 0 Å². The molecule has 1 aliphatic heterocycles. The highest BCUT2D eigenvalue weighted by Gasteiger charge is 2.26. The molecule has 1 fully saturated rings. The summed E-state index contributed by atoms with van der Waals surface area (Å²) in [5, 5.41) is 4.11. The van der Waals surface area contributed by atoms with Crippen molar-refractivity contribution in [3.8, 4) is 11.3 Å². The fourth-order valence-corrected chi connectivity index (χ4v) is 5.12. The summed E-state index contributed by atoms with van der Waals surface area (Å²) in [5.41, 5.74) is 11.6. The molecule has 2 N–H and O–H groups in total. The van der Waals surface area contributed by atoms with Gasteiger partial charge in [0.1, 0.15) is 11.3 Å². The first-order valence-corrected chi connectivity index (χ1v) is 12.3. The maximum absolute atomic E-state index is 13.5. The summed E-state index contributed by atoms with van der Waals surface area (Å²) in [6, 6.07) is 11.8. The average Bonchev–Trinajstić information content (AvgIpc) is 3.58. The normalized spacial score (nSPS) is 16.0. The number of nitrogen functional groups attached to an aromatic ring is 1. The largest absolute Gasteiger partial charge is 0.382 e. The maximum Gasteiger partial charge on any atom is 0.333 e. The number of anilines is 2. The van der Waals surface area contributed by atoms with Crippen molar-refractivity contribution in [2.24, 2.45) is 0 Å². The van der Waals surface area contributed by atoms with Crippen LogP contribution in [0.1, 0.15) is 36.6 Å². The molecule has 0 radical (unpaired) electrons. The molecule has 8 nitrogen and oxygen atoms in total. The van der Waals surface area contributed by atoms with Gasteiger partial charge in [-0.1, -0.05) is 0 Å². The van der Waals surface area contributed by atoms with E-state index >= 15 is 0 Å². The van der Waals surface area contributed by atoms with Crippen molar-refractivity contribution in [1.82, 2.24) is 29.3 Å². The first kappa shape index (κ1) is 24.0. The van der Waals surface area contributed by atoms with Crippen LogP contribution in [0.15, 0.2) is 67.4 Å². The molecule has 0 unspecified atom stereocenters. The van der Waals surface area contributed by atoms with Crippen molar-refractivity contribution in [2.75, 3.05) is 23.7 Å². The Labute approximate surface area is 216 Å². The first-order valence-electron chi connectivity index (χ1n) is 12.3. The second kappa shape index (κ2) is 9.81. The van der Waals surface area contributed by atoms with Crippen molar-refractivity contribution >= 4 is 22.5 Å². The molecule has 1 aliphatic rings. The van der Waals surface area contributed by atoms with Crippen LogP contribution >= 0.6 is 0 Å². The molecule has 4 aromatic heterocycles. The Kier molecular flexibility index (Phi) is 6.18. The van der Waals surface area contributed by atoms with E-state index in [1.807, 2.05) is 22.9 Å². The number of aromatic nitrogens is 6. The lowest BCUT2D eigenvalue weighted by Gasteiger charge is -2.35. The number of nitrogens with zero attached hydrogens (tertiary/aromatic N) is 7. The smallest absolute Gasteiger partial charge is 0.333 e. The number of imidazole rings is 1. The molecule has 0 aliphatic carbocycles. The van der Waals surface area contributed by atoms with Crippen molar-refractivity contribution in [2.45, 2.75) is 31.9 Å². The molecule has 38 heavy (non-hydrogen) atoms. The van der Waals surface area contributed by atoms with E-state index in [-0.39, 0.29) is 11.7 Å². The lowest BCUT2D eigenvalue weighted by molar-refractivity contribution is 0.0560. The monoisotopic (exact) mass is 518 g/mol. The topological polar surface area (TPSA) is 90.7 Å².